The molecule has 1 heterocycles. The van der Waals surface area contributed by atoms with Crippen LogP contribution in [0.2, 0.25) is 0 Å². The van der Waals surface area contributed by atoms with Crippen molar-refractivity contribution in [2.45, 2.75) is 19.4 Å². The summed E-state index contributed by atoms with van der Waals surface area (Å²) < 4.78 is 12.5. The highest BCUT2D eigenvalue weighted by Crippen LogP contribution is 2.10. The molecule has 0 aliphatic rings. The second-order valence-corrected chi connectivity index (χ2v) is 3.97. The molecule has 1 atom stereocenters. The topological polar surface area (TPSA) is 48.3 Å². The van der Waals surface area contributed by atoms with Crippen molar-refractivity contribution in [1.29, 1.82) is 0 Å². The number of nitrogens with one attached hydrogen (secondary N) is 1. The van der Waals surface area contributed by atoms with Crippen LogP contribution in [0.3, 0.4) is 0 Å². The monoisotopic (exact) mass is 241 g/mol. The van der Waals surface area contributed by atoms with Crippen LogP contribution in [-0.2, 0) is 16.5 Å². The summed E-state index contributed by atoms with van der Waals surface area (Å²) in [5.74, 6) is 1.01. The maximum absolute atomic E-state index is 5.57. The second-order valence-electron chi connectivity index (χ2n) is 3.97. The molecule has 0 bridgehead atoms. The fourth-order valence-corrected chi connectivity index (χ4v) is 1.60. The minimum atomic E-state index is 0.145. The molecule has 1 aromatic heterocycles. The average molecular weight is 241 g/mol. The van der Waals surface area contributed by atoms with Gasteiger partial charge in [-0.05, 0) is 13.0 Å². The number of hydrogen-bond donors (Lipinski definition) is 1. The first-order chi connectivity index (χ1) is 8.29. The van der Waals surface area contributed by atoms with Crippen LogP contribution < -0.4 is 5.32 Å². The molecule has 0 spiro atoms. The molecule has 0 saturated carbocycles. The summed E-state index contributed by atoms with van der Waals surface area (Å²) in [7, 11) is 3.67. The van der Waals surface area contributed by atoms with Gasteiger partial charge >= 0.3 is 0 Å². The van der Waals surface area contributed by atoms with Crippen LogP contribution >= 0.6 is 0 Å². The summed E-state index contributed by atoms with van der Waals surface area (Å²) >= 11 is 0. The molecule has 0 aromatic carbocycles. The third-order valence-electron chi connectivity index (χ3n) is 2.53. The lowest BCUT2D eigenvalue weighted by atomic mass is 10.3. The SMILES string of the molecule is CCCNC(COCCOC)c1nccn1C. The van der Waals surface area contributed by atoms with Crippen LogP contribution in [-0.4, -0.2) is 43.0 Å². The van der Waals surface area contributed by atoms with Crippen LogP contribution in [0.5, 0.6) is 0 Å². The maximum Gasteiger partial charge on any atom is 0.127 e. The van der Waals surface area contributed by atoms with E-state index in [1.165, 1.54) is 0 Å². The number of aryl methyl sites for hydroxylation is 1. The van der Waals surface area contributed by atoms with E-state index in [4.69, 9.17) is 9.47 Å². The van der Waals surface area contributed by atoms with Gasteiger partial charge in [0.2, 0.25) is 0 Å². The molecule has 0 aliphatic carbocycles. The summed E-state index contributed by atoms with van der Waals surface area (Å²) in [6.45, 7) is 4.97. The molecule has 0 aliphatic heterocycles. The van der Waals surface area contributed by atoms with Crippen molar-refractivity contribution >= 4 is 0 Å². The van der Waals surface area contributed by atoms with Crippen LogP contribution in [0.4, 0.5) is 0 Å². The first-order valence-corrected chi connectivity index (χ1v) is 6.06. The molecule has 1 aromatic rings. The van der Waals surface area contributed by atoms with Gasteiger partial charge in [-0.25, -0.2) is 4.98 Å². The van der Waals surface area contributed by atoms with Gasteiger partial charge in [-0.3, -0.25) is 0 Å². The number of aromatic nitrogens is 2. The second kappa shape index (κ2) is 8.22. The zero-order valence-electron chi connectivity index (χ0n) is 11.0. The minimum absolute atomic E-state index is 0.145. The molecule has 0 radical (unpaired) electrons. The third kappa shape index (κ3) is 4.85. The number of rotatable bonds is 9. The van der Waals surface area contributed by atoms with Crippen molar-refractivity contribution in [1.82, 2.24) is 14.9 Å². The molecule has 1 unspecified atom stereocenters. The normalized spacial score (nSPS) is 12.9. The largest absolute Gasteiger partial charge is 0.382 e. The van der Waals surface area contributed by atoms with E-state index in [0.717, 1.165) is 18.8 Å². The summed E-state index contributed by atoms with van der Waals surface area (Å²) in [6, 6.07) is 0.145. The Morgan fingerprint density at radius 3 is 2.88 bits per heavy atom. The Hall–Kier alpha value is -0.910. The van der Waals surface area contributed by atoms with E-state index >= 15 is 0 Å². The lowest BCUT2D eigenvalue weighted by Gasteiger charge is -2.18. The van der Waals surface area contributed by atoms with Gasteiger partial charge in [0, 0.05) is 26.6 Å². The number of ether oxygens (including phenoxy) is 2. The Labute approximate surface area is 103 Å². The van der Waals surface area contributed by atoms with Crippen LogP contribution in [0, 0.1) is 0 Å². The van der Waals surface area contributed by atoms with Gasteiger partial charge < -0.3 is 19.4 Å². The summed E-state index contributed by atoms with van der Waals surface area (Å²) in [5.41, 5.74) is 0. The Bertz CT molecular complexity index is 302. The Kier molecular flexibility index (Phi) is 6.84. The van der Waals surface area contributed by atoms with E-state index in [1.807, 2.05) is 24.0 Å². The maximum atomic E-state index is 5.57. The van der Waals surface area contributed by atoms with Crippen molar-refractivity contribution in [3.8, 4) is 0 Å². The molecule has 0 fully saturated rings. The van der Waals surface area contributed by atoms with Gasteiger partial charge in [0.25, 0.3) is 0 Å². The van der Waals surface area contributed by atoms with E-state index in [0.29, 0.717) is 19.8 Å². The van der Waals surface area contributed by atoms with Gasteiger partial charge in [-0.1, -0.05) is 6.92 Å². The van der Waals surface area contributed by atoms with Gasteiger partial charge in [0.05, 0.1) is 25.9 Å². The third-order valence-corrected chi connectivity index (χ3v) is 2.53. The molecule has 5 heteroatoms. The highest BCUT2D eigenvalue weighted by Gasteiger charge is 2.14. The first-order valence-electron chi connectivity index (χ1n) is 6.06. The molecule has 5 nitrogen and oxygen atoms in total. The molecule has 17 heavy (non-hydrogen) atoms. The highest BCUT2D eigenvalue weighted by molar-refractivity contribution is 4.98. The quantitative estimate of drug-likeness (QED) is 0.658. The predicted molar refractivity (Wildman–Crippen MR) is 66.9 cm³/mol. The van der Waals surface area contributed by atoms with Crippen molar-refractivity contribution in [3.63, 3.8) is 0 Å². The van der Waals surface area contributed by atoms with Crippen molar-refractivity contribution < 1.29 is 9.47 Å². The lowest BCUT2D eigenvalue weighted by molar-refractivity contribution is 0.0570. The van der Waals surface area contributed by atoms with Crippen molar-refractivity contribution in [2.24, 2.45) is 7.05 Å². The fourth-order valence-electron chi connectivity index (χ4n) is 1.60. The summed E-state index contributed by atoms with van der Waals surface area (Å²) in [6.07, 6.45) is 4.86. The molecule has 0 amide bonds. The Morgan fingerprint density at radius 2 is 2.29 bits per heavy atom. The molecular weight excluding hydrogens is 218 g/mol. The van der Waals surface area contributed by atoms with E-state index in [1.54, 1.807) is 7.11 Å². The van der Waals surface area contributed by atoms with E-state index in [-0.39, 0.29) is 6.04 Å². The lowest BCUT2D eigenvalue weighted by Crippen LogP contribution is -2.29. The van der Waals surface area contributed by atoms with Gasteiger partial charge in [0.1, 0.15) is 5.82 Å². The van der Waals surface area contributed by atoms with E-state index in [9.17, 15) is 0 Å². The van der Waals surface area contributed by atoms with Crippen LogP contribution in [0.1, 0.15) is 25.2 Å². The highest BCUT2D eigenvalue weighted by atomic mass is 16.5. The first kappa shape index (κ1) is 14.2. The van der Waals surface area contributed by atoms with Crippen molar-refractivity contribution in [3.05, 3.63) is 18.2 Å². The van der Waals surface area contributed by atoms with Crippen LogP contribution in [0.25, 0.3) is 0 Å². The van der Waals surface area contributed by atoms with Gasteiger partial charge in [0.15, 0.2) is 0 Å². The Balaban J connectivity index is 2.46. The summed E-state index contributed by atoms with van der Waals surface area (Å²) in [4.78, 5) is 4.36. The molecular formula is C12H23N3O2. The van der Waals surface area contributed by atoms with Gasteiger partial charge in [-0.15, -0.1) is 0 Å². The summed E-state index contributed by atoms with van der Waals surface area (Å²) in [5, 5.41) is 3.44. The van der Waals surface area contributed by atoms with E-state index < -0.39 is 0 Å². The Morgan fingerprint density at radius 1 is 1.47 bits per heavy atom. The average Bonchev–Trinajstić information content (AvgIpc) is 2.75. The number of imidazole rings is 1. The predicted octanol–water partition coefficient (Wildman–Crippen LogP) is 1.12. The van der Waals surface area contributed by atoms with Crippen LogP contribution in [0.15, 0.2) is 12.4 Å². The standard InChI is InChI=1S/C12H23N3O2/c1-4-5-13-11(10-17-9-8-16-3)12-14-6-7-15(12)2/h6-7,11,13H,4-5,8-10H2,1-3H3. The molecule has 1 rings (SSSR count). The molecule has 98 valence electrons. The number of nitrogens with zero attached hydrogens (tertiary/aromatic N) is 2. The van der Waals surface area contributed by atoms with E-state index in [2.05, 4.69) is 17.2 Å². The number of methoxy groups -OCH3 is 1. The molecule has 1 N–H and O–H groups in total. The zero-order valence-corrected chi connectivity index (χ0v) is 11.0. The minimum Gasteiger partial charge on any atom is -0.382 e. The van der Waals surface area contributed by atoms with Gasteiger partial charge in [-0.2, -0.15) is 0 Å². The zero-order chi connectivity index (χ0) is 12.5. The molecule has 0 saturated heterocycles. The number of hydrogen-bond acceptors (Lipinski definition) is 4. The smallest absolute Gasteiger partial charge is 0.127 e. The fraction of sp³-hybridized carbons (Fsp3) is 0.750. The van der Waals surface area contributed by atoms with Crippen molar-refractivity contribution in [2.75, 3.05) is 33.5 Å².